The van der Waals surface area contributed by atoms with E-state index in [1.165, 1.54) is 5.56 Å². The van der Waals surface area contributed by atoms with Crippen molar-refractivity contribution in [1.82, 2.24) is 4.90 Å². The van der Waals surface area contributed by atoms with Gasteiger partial charge >= 0.3 is 0 Å². The molecular formula is C13H21NO. The van der Waals surface area contributed by atoms with E-state index >= 15 is 0 Å². The highest BCUT2D eigenvalue weighted by Gasteiger charge is 2.20. The molecule has 0 unspecified atom stereocenters. The molecule has 0 spiro atoms. The molecule has 15 heavy (non-hydrogen) atoms. The Labute approximate surface area is 92.5 Å². The van der Waals surface area contributed by atoms with Crippen LogP contribution in [0.5, 0.6) is 5.75 Å². The lowest BCUT2D eigenvalue weighted by Crippen LogP contribution is -2.24. The summed E-state index contributed by atoms with van der Waals surface area (Å²) in [6, 6.07) is 7.55. The minimum absolute atomic E-state index is 0.114. The fourth-order valence-electron chi connectivity index (χ4n) is 1.57. The SMILES string of the molecule is CN(C)CCC(C)(C)c1cccc(O)c1. The van der Waals surface area contributed by atoms with Gasteiger partial charge in [-0.2, -0.15) is 0 Å². The molecule has 0 aliphatic rings. The van der Waals surface area contributed by atoms with Gasteiger partial charge in [0.25, 0.3) is 0 Å². The first kappa shape index (κ1) is 12.1. The highest BCUT2D eigenvalue weighted by molar-refractivity contribution is 5.32. The number of rotatable bonds is 4. The van der Waals surface area contributed by atoms with Crippen molar-refractivity contribution < 1.29 is 5.11 Å². The predicted octanol–water partition coefficient (Wildman–Crippen LogP) is 2.62. The van der Waals surface area contributed by atoms with E-state index in [-0.39, 0.29) is 5.41 Å². The number of benzene rings is 1. The second kappa shape index (κ2) is 4.67. The van der Waals surface area contributed by atoms with Crippen LogP contribution in [0.2, 0.25) is 0 Å². The molecule has 0 heterocycles. The molecule has 0 radical (unpaired) electrons. The van der Waals surface area contributed by atoms with Gasteiger partial charge in [0.1, 0.15) is 5.75 Å². The summed E-state index contributed by atoms with van der Waals surface area (Å²) in [5, 5.41) is 9.44. The Morgan fingerprint density at radius 1 is 1.27 bits per heavy atom. The van der Waals surface area contributed by atoms with Crippen LogP contribution in [0.1, 0.15) is 25.8 Å². The Kier molecular flexibility index (Phi) is 3.75. The number of nitrogens with zero attached hydrogens (tertiary/aromatic N) is 1. The fraction of sp³-hybridized carbons (Fsp3) is 0.538. The summed E-state index contributed by atoms with van der Waals surface area (Å²) >= 11 is 0. The molecule has 1 aromatic rings. The van der Waals surface area contributed by atoms with Gasteiger partial charge in [-0.25, -0.2) is 0 Å². The molecule has 2 nitrogen and oxygen atoms in total. The summed E-state index contributed by atoms with van der Waals surface area (Å²) in [7, 11) is 4.16. The van der Waals surface area contributed by atoms with E-state index in [1.54, 1.807) is 6.07 Å². The standard InChI is InChI=1S/C13H21NO/c1-13(2,8-9-14(3)4)11-6-5-7-12(15)10-11/h5-7,10,15H,8-9H2,1-4H3. The zero-order valence-corrected chi connectivity index (χ0v) is 10.1. The van der Waals surface area contributed by atoms with Crippen molar-refractivity contribution in [3.63, 3.8) is 0 Å². The minimum atomic E-state index is 0.114. The van der Waals surface area contributed by atoms with E-state index < -0.39 is 0 Å². The summed E-state index contributed by atoms with van der Waals surface area (Å²) in [6.07, 6.45) is 1.09. The molecule has 0 aromatic heterocycles. The van der Waals surface area contributed by atoms with Gasteiger partial charge in [-0.15, -0.1) is 0 Å². The van der Waals surface area contributed by atoms with Crippen molar-refractivity contribution in [3.8, 4) is 5.75 Å². The molecule has 0 saturated carbocycles. The third-order valence-electron chi connectivity index (χ3n) is 2.81. The van der Waals surface area contributed by atoms with Gasteiger partial charge in [0.2, 0.25) is 0 Å². The quantitative estimate of drug-likeness (QED) is 0.820. The van der Waals surface area contributed by atoms with Gasteiger partial charge in [-0.1, -0.05) is 26.0 Å². The predicted molar refractivity (Wildman–Crippen MR) is 64.3 cm³/mol. The molecule has 0 saturated heterocycles. The molecule has 84 valence electrons. The first-order chi connectivity index (χ1) is 6.92. The van der Waals surface area contributed by atoms with Crippen LogP contribution in [0.25, 0.3) is 0 Å². The topological polar surface area (TPSA) is 23.5 Å². The summed E-state index contributed by atoms with van der Waals surface area (Å²) < 4.78 is 0. The molecule has 1 rings (SSSR count). The van der Waals surface area contributed by atoms with E-state index in [2.05, 4.69) is 38.9 Å². The Morgan fingerprint density at radius 2 is 1.93 bits per heavy atom. The summed E-state index contributed by atoms with van der Waals surface area (Å²) in [5.41, 5.74) is 1.31. The van der Waals surface area contributed by atoms with Crippen molar-refractivity contribution in [2.45, 2.75) is 25.7 Å². The van der Waals surface area contributed by atoms with Gasteiger partial charge in [-0.05, 0) is 50.2 Å². The van der Waals surface area contributed by atoms with Gasteiger partial charge in [0.15, 0.2) is 0 Å². The van der Waals surface area contributed by atoms with Crippen molar-refractivity contribution in [3.05, 3.63) is 29.8 Å². The zero-order valence-electron chi connectivity index (χ0n) is 10.1. The lowest BCUT2D eigenvalue weighted by molar-refractivity contribution is 0.342. The third-order valence-corrected chi connectivity index (χ3v) is 2.81. The summed E-state index contributed by atoms with van der Waals surface area (Å²) in [4.78, 5) is 2.19. The highest BCUT2D eigenvalue weighted by atomic mass is 16.3. The normalized spacial score (nSPS) is 12.1. The smallest absolute Gasteiger partial charge is 0.115 e. The van der Waals surface area contributed by atoms with Crippen LogP contribution in [0, 0.1) is 0 Å². The number of hydrogen-bond donors (Lipinski definition) is 1. The summed E-state index contributed by atoms with van der Waals surface area (Å²) in [6.45, 7) is 5.49. The van der Waals surface area contributed by atoms with Gasteiger partial charge < -0.3 is 10.0 Å². The fourth-order valence-corrected chi connectivity index (χ4v) is 1.57. The van der Waals surface area contributed by atoms with E-state index in [9.17, 15) is 5.11 Å². The van der Waals surface area contributed by atoms with Crippen LogP contribution < -0.4 is 0 Å². The van der Waals surface area contributed by atoms with Gasteiger partial charge in [0, 0.05) is 0 Å². The molecule has 1 N–H and O–H groups in total. The third kappa shape index (κ3) is 3.56. The minimum Gasteiger partial charge on any atom is -0.508 e. The van der Waals surface area contributed by atoms with Crippen molar-refractivity contribution in [2.24, 2.45) is 0 Å². The Hall–Kier alpha value is -1.02. The maximum absolute atomic E-state index is 9.44. The van der Waals surface area contributed by atoms with E-state index in [1.807, 2.05) is 12.1 Å². The van der Waals surface area contributed by atoms with Crippen molar-refractivity contribution in [2.75, 3.05) is 20.6 Å². The van der Waals surface area contributed by atoms with E-state index in [0.29, 0.717) is 5.75 Å². The van der Waals surface area contributed by atoms with E-state index in [4.69, 9.17) is 0 Å². The molecule has 0 fully saturated rings. The monoisotopic (exact) mass is 207 g/mol. The molecule has 0 bridgehead atoms. The van der Waals surface area contributed by atoms with Gasteiger partial charge in [0.05, 0.1) is 0 Å². The van der Waals surface area contributed by atoms with Crippen LogP contribution in [0.4, 0.5) is 0 Å². The molecule has 0 atom stereocenters. The lowest BCUT2D eigenvalue weighted by atomic mass is 9.81. The van der Waals surface area contributed by atoms with Crippen LogP contribution in [0.3, 0.4) is 0 Å². The largest absolute Gasteiger partial charge is 0.508 e. The second-order valence-electron chi connectivity index (χ2n) is 4.99. The molecule has 0 aliphatic heterocycles. The number of phenols is 1. The van der Waals surface area contributed by atoms with Crippen LogP contribution in [0.15, 0.2) is 24.3 Å². The first-order valence-electron chi connectivity index (χ1n) is 5.36. The maximum atomic E-state index is 9.44. The Bertz CT molecular complexity index is 318. The zero-order chi connectivity index (χ0) is 11.5. The molecule has 0 amide bonds. The summed E-state index contributed by atoms with van der Waals surface area (Å²) in [5.74, 6) is 0.352. The average Bonchev–Trinajstić information content (AvgIpc) is 2.15. The lowest BCUT2D eigenvalue weighted by Gasteiger charge is -2.27. The molecule has 1 aromatic carbocycles. The number of aromatic hydroxyl groups is 1. The Morgan fingerprint density at radius 3 is 2.47 bits per heavy atom. The molecule has 0 aliphatic carbocycles. The van der Waals surface area contributed by atoms with Crippen molar-refractivity contribution in [1.29, 1.82) is 0 Å². The first-order valence-corrected chi connectivity index (χ1v) is 5.36. The Balaban J connectivity index is 2.76. The van der Waals surface area contributed by atoms with E-state index in [0.717, 1.165) is 13.0 Å². The highest BCUT2D eigenvalue weighted by Crippen LogP contribution is 2.29. The van der Waals surface area contributed by atoms with Crippen LogP contribution in [-0.4, -0.2) is 30.6 Å². The molecular weight excluding hydrogens is 186 g/mol. The maximum Gasteiger partial charge on any atom is 0.115 e. The van der Waals surface area contributed by atoms with Crippen molar-refractivity contribution >= 4 is 0 Å². The van der Waals surface area contributed by atoms with Gasteiger partial charge in [-0.3, -0.25) is 0 Å². The second-order valence-corrected chi connectivity index (χ2v) is 4.99. The average molecular weight is 207 g/mol. The van der Waals surface area contributed by atoms with Crippen LogP contribution >= 0.6 is 0 Å². The molecule has 2 heteroatoms. The number of hydrogen-bond acceptors (Lipinski definition) is 2. The van der Waals surface area contributed by atoms with Crippen LogP contribution in [-0.2, 0) is 5.41 Å². The number of phenolic OH excluding ortho intramolecular Hbond substituents is 1.